The summed E-state index contributed by atoms with van der Waals surface area (Å²) in [6, 6.07) is 0.378. The number of rotatable bonds is 9. The van der Waals surface area contributed by atoms with Crippen molar-refractivity contribution in [1.82, 2.24) is 5.43 Å². The summed E-state index contributed by atoms with van der Waals surface area (Å²) < 4.78 is 10.2. The van der Waals surface area contributed by atoms with E-state index in [1.54, 1.807) is 14.2 Å². The van der Waals surface area contributed by atoms with Crippen LogP contribution in [0.1, 0.15) is 32.6 Å². The van der Waals surface area contributed by atoms with Gasteiger partial charge in [-0.15, -0.1) is 0 Å². The summed E-state index contributed by atoms with van der Waals surface area (Å²) in [5.74, 6) is 5.45. The summed E-state index contributed by atoms with van der Waals surface area (Å²) >= 11 is 0. The molecule has 0 aliphatic rings. The van der Waals surface area contributed by atoms with Crippen LogP contribution in [0.5, 0.6) is 0 Å². The second-order valence-electron chi connectivity index (χ2n) is 3.62. The average Bonchev–Trinajstić information content (AvgIpc) is 2.22. The quantitative estimate of drug-likeness (QED) is 0.335. The maximum Gasteiger partial charge on any atom is 0.0543 e. The van der Waals surface area contributed by atoms with Gasteiger partial charge in [-0.3, -0.25) is 11.3 Å². The smallest absolute Gasteiger partial charge is 0.0543 e. The van der Waals surface area contributed by atoms with Crippen molar-refractivity contribution in [2.45, 2.75) is 44.8 Å². The molecule has 86 valence electrons. The summed E-state index contributed by atoms with van der Waals surface area (Å²) in [5.41, 5.74) is 2.83. The van der Waals surface area contributed by atoms with E-state index in [4.69, 9.17) is 15.3 Å². The zero-order chi connectivity index (χ0) is 10.8. The summed E-state index contributed by atoms with van der Waals surface area (Å²) in [6.45, 7) is 2.88. The van der Waals surface area contributed by atoms with Gasteiger partial charge in [-0.25, -0.2) is 0 Å². The fourth-order valence-corrected chi connectivity index (χ4v) is 1.34. The third-order valence-corrected chi connectivity index (χ3v) is 2.46. The first-order valence-electron chi connectivity index (χ1n) is 5.22. The highest BCUT2D eigenvalue weighted by Gasteiger charge is 2.08. The van der Waals surface area contributed by atoms with Gasteiger partial charge in [0.25, 0.3) is 0 Å². The SMILES string of the molecule is COCCCC(CCC(C)OC)NN. The van der Waals surface area contributed by atoms with Crippen molar-refractivity contribution in [3.8, 4) is 0 Å². The third kappa shape index (κ3) is 7.26. The zero-order valence-electron chi connectivity index (χ0n) is 9.58. The largest absolute Gasteiger partial charge is 0.385 e. The Labute approximate surface area is 87.1 Å². The summed E-state index contributed by atoms with van der Waals surface area (Å²) in [6.07, 6.45) is 4.51. The van der Waals surface area contributed by atoms with Crippen molar-refractivity contribution in [3.63, 3.8) is 0 Å². The highest BCUT2D eigenvalue weighted by molar-refractivity contribution is 4.65. The number of hydrazine groups is 1. The highest BCUT2D eigenvalue weighted by atomic mass is 16.5. The molecule has 4 nitrogen and oxygen atoms in total. The fraction of sp³-hybridized carbons (Fsp3) is 1.00. The van der Waals surface area contributed by atoms with E-state index in [1.165, 1.54) is 0 Å². The molecule has 0 spiro atoms. The fourth-order valence-electron chi connectivity index (χ4n) is 1.34. The molecule has 0 rings (SSSR count). The van der Waals surface area contributed by atoms with E-state index in [0.29, 0.717) is 12.1 Å². The monoisotopic (exact) mass is 204 g/mol. The van der Waals surface area contributed by atoms with E-state index >= 15 is 0 Å². The topological polar surface area (TPSA) is 56.5 Å². The van der Waals surface area contributed by atoms with Crippen LogP contribution in [0.3, 0.4) is 0 Å². The molecule has 2 unspecified atom stereocenters. The van der Waals surface area contributed by atoms with Crippen LogP contribution in [0.25, 0.3) is 0 Å². The van der Waals surface area contributed by atoms with E-state index in [9.17, 15) is 0 Å². The van der Waals surface area contributed by atoms with Crippen LogP contribution in [0.15, 0.2) is 0 Å². The minimum absolute atomic E-state index is 0.313. The highest BCUT2D eigenvalue weighted by Crippen LogP contribution is 2.08. The Hall–Kier alpha value is -0.160. The van der Waals surface area contributed by atoms with Crippen molar-refractivity contribution < 1.29 is 9.47 Å². The van der Waals surface area contributed by atoms with E-state index in [2.05, 4.69) is 12.3 Å². The summed E-state index contributed by atoms with van der Waals surface area (Å²) in [4.78, 5) is 0. The molecule has 0 aromatic rings. The lowest BCUT2D eigenvalue weighted by molar-refractivity contribution is 0.105. The molecule has 0 amide bonds. The Bertz CT molecular complexity index is 123. The minimum atomic E-state index is 0.313. The van der Waals surface area contributed by atoms with Crippen LogP contribution in [0.4, 0.5) is 0 Å². The first-order valence-corrected chi connectivity index (χ1v) is 5.22. The molecule has 0 heterocycles. The first-order chi connectivity index (χ1) is 6.74. The molecule has 0 aliphatic heterocycles. The molecule has 0 aliphatic carbocycles. The molecule has 0 radical (unpaired) electrons. The van der Waals surface area contributed by atoms with E-state index < -0.39 is 0 Å². The predicted molar refractivity (Wildman–Crippen MR) is 57.9 cm³/mol. The van der Waals surface area contributed by atoms with Crippen molar-refractivity contribution in [1.29, 1.82) is 0 Å². The van der Waals surface area contributed by atoms with Crippen molar-refractivity contribution in [2.75, 3.05) is 20.8 Å². The second kappa shape index (κ2) is 9.40. The lowest BCUT2D eigenvalue weighted by atomic mass is 10.0. The van der Waals surface area contributed by atoms with E-state index in [1.807, 2.05) is 0 Å². The Morgan fingerprint density at radius 3 is 2.43 bits per heavy atom. The van der Waals surface area contributed by atoms with E-state index in [-0.39, 0.29) is 0 Å². The van der Waals surface area contributed by atoms with Crippen LogP contribution in [0.2, 0.25) is 0 Å². The molecule has 2 atom stereocenters. The number of nitrogens with two attached hydrogens (primary N) is 1. The van der Waals surface area contributed by atoms with Gasteiger partial charge >= 0.3 is 0 Å². The Balaban J connectivity index is 3.47. The average molecular weight is 204 g/mol. The van der Waals surface area contributed by atoms with Gasteiger partial charge in [-0.05, 0) is 32.6 Å². The number of methoxy groups -OCH3 is 2. The molecule has 0 aromatic heterocycles. The third-order valence-electron chi connectivity index (χ3n) is 2.46. The van der Waals surface area contributed by atoms with Crippen LogP contribution in [-0.4, -0.2) is 33.0 Å². The lowest BCUT2D eigenvalue weighted by Crippen LogP contribution is -2.35. The number of nitrogens with one attached hydrogen (secondary N) is 1. The Morgan fingerprint density at radius 1 is 1.21 bits per heavy atom. The number of ether oxygens (including phenoxy) is 2. The van der Waals surface area contributed by atoms with Gasteiger partial charge in [-0.2, -0.15) is 0 Å². The van der Waals surface area contributed by atoms with Crippen molar-refractivity contribution in [2.24, 2.45) is 5.84 Å². The number of hydrogen-bond acceptors (Lipinski definition) is 4. The minimum Gasteiger partial charge on any atom is -0.385 e. The predicted octanol–water partition coefficient (Wildman–Crippen LogP) is 1.06. The standard InChI is InChI=1S/C10H24N2O2/c1-9(14-3)6-7-10(12-11)5-4-8-13-2/h9-10,12H,4-8,11H2,1-3H3. The van der Waals surface area contributed by atoms with Gasteiger partial charge in [0.15, 0.2) is 0 Å². The zero-order valence-corrected chi connectivity index (χ0v) is 9.58. The second-order valence-corrected chi connectivity index (χ2v) is 3.62. The van der Waals surface area contributed by atoms with Gasteiger partial charge in [0, 0.05) is 26.9 Å². The van der Waals surface area contributed by atoms with Gasteiger partial charge in [0.2, 0.25) is 0 Å². The van der Waals surface area contributed by atoms with Crippen LogP contribution in [-0.2, 0) is 9.47 Å². The molecular weight excluding hydrogens is 180 g/mol. The molecule has 14 heavy (non-hydrogen) atoms. The molecule has 0 fully saturated rings. The van der Waals surface area contributed by atoms with Crippen molar-refractivity contribution in [3.05, 3.63) is 0 Å². The molecule has 4 heteroatoms. The normalized spacial score (nSPS) is 15.4. The van der Waals surface area contributed by atoms with Gasteiger partial charge in [0.1, 0.15) is 0 Å². The van der Waals surface area contributed by atoms with Gasteiger partial charge in [0.05, 0.1) is 6.10 Å². The van der Waals surface area contributed by atoms with Gasteiger partial charge in [-0.1, -0.05) is 0 Å². The molecule has 0 bridgehead atoms. The maximum atomic E-state index is 5.45. The first kappa shape index (κ1) is 13.8. The van der Waals surface area contributed by atoms with Crippen molar-refractivity contribution >= 4 is 0 Å². The molecule has 0 saturated carbocycles. The number of hydrogen-bond donors (Lipinski definition) is 2. The Kier molecular flexibility index (Phi) is 9.29. The van der Waals surface area contributed by atoms with Crippen LogP contribution >= 0.6 is 0 Å². The summed E-state index contributed by atoms with van der Waals surface area (Å²) in [7, 11) is 3.46. The van der Waals surface area contributed by atoms with E-state index in [0.717, 1.165) is 32.3 Å². The lowest BCUT2D eigenvalue weighted by Gasteiger charge is -2.17. The molecule has 0 aromatic carbocycles. The van der Waals surface area contributed by atoms with Crippen LogP contribution < -0.4 is 11.3 Å². The maximum absolute atomic E-state index is 5.45. The molecule has 0 saturated heterocycles. The van der Waals surface area contributed by atoms with Crippen LogP contribution in [0, 0.1) is 0 Å². The summed E-state index contributed by atoms with van der Waals surface area (Å²) in [5, 5.41) is 0. The molecule has 3 N–H and O–H groups in total. The molecular formula is C10H24N2O2. The van der Waals surface area contributed by atoms with Gasteiger partial charge < -0.3 is 9.47 Å². The Morgan fingerprint density at radius 2 is 1.93 bits per heavy atom.